The number of amides is 1. The minimum Gasteiger partial charge on any atom is -0.339 e. The van der Waals surface area contributed by atoms with Crippen LogP contribution in [0.1, 0.15) is 39.5 Å². The molecule has 3 aliphatic heterocycles. The van der Waals surface area contributed by atoms with Gasteiger partial charge >= 0.3 is 0 Å². The van der Waals surface area contributed by atoms with E-state index in [1.807, 2.05) is 27.0 Å². The first-order chi connectivity index (χ1) is 14.8. The van der Waals surface area contributed by atoms with Gasteiger partial charge < -0.3 is 19.3 Å². The average Bonchev–Trinajstić information content (AvgIpc) is 3.57. The van der Waals surface area contributed by atoms with Gasteiger partial charge in [-0.05, 0) is 51.6 Å². The second kappa shape index (κ2) is 8.94. The zero-order chi connectivity index (χ0) is 22.2. The predicted octanol–water partition coefficient (Wildman–Crippen LogP) is 1.56. The van der Waals surface area contributed by atoms with Crippen molar-refractivity contribution in [3.63, 3.8) is 0 Å². The van der Waals surface area contributed by atoms with Crippen LogP contribution in [0.15, 0.2) is 23.4 Å². The van der Waals surface area contributed by atoms with E-state index in [0.29, 0.717) is 45.2 Å². The Balaban J connectivity index is 1.60. The van der Waals surface area contributed by atoms with Crippen molar-refractivity contribution in [2.24, 2.45) is 5.92 Å². The third-order valence-corrected chi connectivity index (χ3v) is 9.15. The fraction of sp³-hybridized carbons (Fsp3) is 0.773. The molecule has 0 bridgehead atoms. The van der Waals surface area contributed by atoms with Crippen molar-refractivity contribution in [1.29, 1.82) is 0 Å². The van der Waals surface area contributed by atoms with Crippen LogP contribution in [0, 0.1) is 5.92 Å². The lowest BCUT2D eigenvalue weighted by Gasteiger charge is -2.33. The Kier molecular flexibility index (Phi) is 6.61. The van der Waals surface area contributed by atoms with E-state index in [1.165, 1.54) is 0 Å². The molecule has 1 saturated carbocycles. The molecule has 4 aliphatic rings. The van der Waals surface area contributed by atoms with Crippen molar-refractivity contribution in [3.8, 4) is 0 Å². The third-order valence-electron chi connectivity index (χ3n) is 6.81. The highest BCUT2D eigenvalue weighted by molar-refractivity contribution is 7.89. The molecule has 31 heavy (non-hydrogen) atoms. The van der Waals surface area contributed by atoms with Crippen molar-refractivity contribution >= 4 is 15.9 Å². The SMILES string of the molecule is CCC(C=CC1=C(C)C2(OCCCO2)C(=O)N1CC1CC1)S(=O)(=O)N1CCN(C)CC1. The number of ether oxygens (including phenoxy) is 2. The van der Waals surface area contributed by atoms with Gasteiger partial charge in [0.05, 0.1) is 18.5 Å². The highest BCUT2D eigenvalue weighted by atomic mass is 32.2. The quantitative estimate of drug-likeness (QED) is 0.582. The number of hydrogen-bond donors (Lipinski definition) is 0. The van der Waals surface area contributed by atoms with Crippen LogP contribution in [-0.4, -0.2) is 92.5 Å². The highest BCUT2D eigenvalue weighted by Crippen LogP contribution is 2.42. The maximum atomic E-state index is 13.3. The van der Waals surface area contributed by atoms with Crippen LogP contribution < -0.4 is 0 Å². The second-order valence-electron chi connectivity index (χ2n) is 9.09. The third kappa shape index (κ3) is 4.35. The molecule has 0 aromatic heterocycles. The van der Waals surface area contributed by atoms with Gasteiger partial charge in [0.15, 0.2) is 0 Å². The molecular weight excluding hydrogens is 418 g/mol. The van der Waals surface area contributed by atoms with Gasteiger partial charge in [-0.15, -0.1) is 0 Å². The average molecular weight is 454 g/mol. The van der Waals surface area contributed by atoms with E-state index < -0.39 is 21.1 Å². The fourth-order valence-electron chi connectivity index (χ4n) is 4.52. The van der Waals surface area contributed by atoms with Crippen LogP contribution in [0.4, 0.5) is 0 Å². The van der Waals surface area contributed by atoms with Crippen molar-refractivity contribution in [1.82, 2.24) is 14.1 Å². The Morgan fingerprint density at radius 1 is 1.16 bits per heavy atom. The molecule has 4 rings (SSSR count). The first kappa shape index (κ1) is 22.9. The summed E-state index contributed by atoms with van der Waals surface area (Å²) in [7, 11) is -1.44. The smallest absolute Gasteiger partial charge is 0.292 e. The number of sulfonamides is 1. The Bertz CT molecular complexity index is 850. The minimum absolute atomic E-state index is 0.175. The van der Waals surface area contributed by atoms with E-state index in [2.05, 4.69) is 4.90 Å². The lowest BCUT2D eigenvalue weighted by molar-refractivity contribution is -0.236. The van der Waals surface area contributed by atoms with Gasteiger partial charge in [0.1, 0.15) is 0 Å². The molecule has 0 aromatic rings. The van der Waals surface area contributed by atoms with Gasteiger partial charge in [0.25, 0.3) is 11.7 Å². The van der Waals surface area contributed by atoms with E-state index in [9.17, 15) is 13.2 Å². The number of hydrogen-bond acceptors (Lipinski definition) is 6. The molecule has 1 aliphatic carbocycles. The number of nitrogens with zero attached hydrogens (tertiary/aromatic N) is 3. The first-order valence-electron chi connectivity index (χ1n) is 11.5. The lowest BCUT2D eigenvalue weighted by Crippen LogP contribution is -2.50. The van der Waals surface area contributed by atoms with Crippen LogP contribution >= 0.6 is 0 Å². The Labute approximate surface area is 185 Å². The van der Waals surface area contributed by atoms with Crippen molar-refractivity contribution in [2.75, 3.05) is 53.0 Å². The summed E-state index contributed by atoms with van der Waals surface area (Å²) in [6, 6.07) is 0. The van der Waals surface area contributed by atoms with Crippen LogP contribution in [-0.2, 0) is 24.3 Å². The van der Waals surface area contributed by atoms with E-state index in [4.69, 9.17) is 9.47 Å². The molecule has 1 atom stereocenters. The van der Waals surface area contributed by atoms with E-state index >= 15 is 0 Å². The molecule has 1 spiro atoms. The number of carbonyl (C=O) groups excluding carboxylic acids is 1. The summed E-state index contributed by atoms with van der Waals surface area (Å²) in [5.41, 5.74) is 1.45. The Hall–Kier alpha value is -1.26. The lowest BCUT2D eigenvalue weighted by atomic mass is 10.1. The predicted molar refractivity (Wildman–Crippen MR) is 118 cm³/mol. The summed E-state index contributed by atoms with van der Waals surface area (Å²) in [6.45, 7) is 7.86. The number of likely N-dealkylation sites (N-methyl/N-ethyl adjacent to an activating group) is 1. The van der Waals surface area contributed by atoms with Gasteiger partial charge in [0.2, 0.25) is 10.0 Å². The van der Waals surface area contributed by atoms with Crippen LogP contribution in [0.25, 0.3) is 0 Å². The molecule has 1 amide bonds. The highest BCUT2D eigenvalue weighted by Gasteiger charge is 2.54. The normalized spacial score (nSPS) is 27.1. The summed E-state index contributed by atoms with van der Waals surface area (Å²) < 4.78 is 39.9. The number of piperazine rings is 1. The minimum atomic E-state index is -3.45. The molecule has 1 unspecified atom stereocenters. The van der Waals surface area contributed by atoms with Crippen LogP contribution in [0.5, 0.6) is 0 Å². The number of carbonyl (C=O) groups is 1. The molecule has 3 fully saturated rings. The van der Waals surface area contributed by atoms with Crippen molar-refractivity contribution in [3.05, 3.63) is 23.4 Å². The maximum absolute atomic E-state index is 13.3. The molecular formula is C22H35N3O5S. The Morgan fingerprint density at radius 2 is 1.81 bits per heavy atom. The molecule has 3 heterocycles. The zero-order valence-electron chi connectivity index (χ0n) is 18.9. The summed E-state index contributed by atoms with van der Waals surface area (Å²) in [6.07, 6.45) is 7.03. The van der Waals surface area contributed by atoms with E-state index in [0.717, 1.165) is 43.6 Å². The van der Waals surface area contributed by atoms with Crippen molar-refractivity contribution in [2.45, 2.75) is 50.6 Å². The molecule has 0 aromatic carbocycles. The molecule has 8 nitrogen and oxygen atoms in total. The van der Waals surface area contributed by atoms with E-state index in [1.54, 1.807) is 15.3 Å². The summed E-state index contributed by atoms with van der Waals surface area (Å²) in [4.78, 5) is 17.2. The topological polar surface area (TPSA) is 79.4 Å². The van der Waals surface area contributed by atoms with Gasteiger partial charge in [-0.3, -0.25) is 4.79 Å². The molecule has 0 radical (unpaired) electrons. The standard InChI is InChI=1S/C22H35N3O5S/c1-4-19(31(27,28)24-12-10-23(3)11-13-24)8-9-20-17(2)22(29-14-5-15-30-22)21(26)25(20)16-18-6-7-18/h8-9,18-19H,4-7,10-16H2,1-3H3. The van der Waals surface area contributed by atoms with Gasteiger partial charge in [-0.25, -0.2) is 8.42 Å². The molecule has 2 saturated heterocycles. The molecule has 174 valence electrons. The largest absolute Gasteiger partial charge is 0.339 e. The van der Waals surface area contributed by atoms with Crippen LogP contribution in [0.3, 0.4) is 0 Å². The second-order valence-corrected chi connectivity index (χ2v) is 11.2. The summed E-state index contributed by atoms with van der Waals surface area (Å²) in [5.74, 6) is -1.02. The van der Waals surface area contributed by atoms with Gasteiger partial charge in [-0.1, -0.05) is 13.0 Å². The maximum Gasteiger partial charge on any atom is 0.292 e. The number of allylic oxidation sites excluding steroid dienone is 1. The molecule has 9 heteroatoms. The van der Waals surface area contributed by atoms with Gasteiger partial charge in [0, 0.05) is 44.0 Å². The van der Waals surface area contributed by atoms with Gasteiger partial charge in [-0.2, -0.15) is 4.31 Å². The summed E-state index contributed by atoms with van der Waals surface area (Å²) in [5, 5.41) is -0.626. The van der Waals surface area contributed by atoms with Crippen molar-refractivity contribution < 1.29 is 22.7 Å². The summed E-state index contributed by atoms with van der Waals surface area (Å²) >= 11 is 0. The zero-order valence-corrected chi connectivity index (χ0v) is 19.7. The number of rotatable bonds is 7. The molecule has 0 N–H and O–H groups in total. The fourth-order valence-corrected chi connectivity index (χ4v) is 6.28. The van der Waals surface area contributed by atoms with E-state index in [-0.39, 0.29) is 5.91 Å². The Morgan fingerprint density at radius 3 is 2.39 bits per heavy atom. The first-order valence-corrected chi connectivity index (χ1v) is 13.0. The monoisotopic (exact) mass is 453 g/mol. The van der Waals surface area contributed by atoms with Crippen LogP contribution in [0.2, 0.25) is 0 Å².